The predicted octanol–water partition coefficient (Wildman–Crippen LogP) is 6.34. The molecule has 0 aromatic carbocycles. The molecular weight excluding hydrogens is 300 g/mol. The lowest BCUT2D eigenvalue weighted by Gasteiger charge is -2.10. The van der Waals surface area contributed by atoms with Crippen molar-refractivity contribution in [2.75, 3.05) is 6.61 Å². The Bertz CT molecular complexity index is 334. The molecule has 0 rings (SSSR count). The van der Waals surface area contributed by atoms with Gasteiger partial charge in [-0.2, -0.15) is 0 Å². The molecule has 0 aromatic heterocycles. The third-order valence-corrected chi connectivity index (χ3v) is 3.87. The number of hydrogen-bond acceptors (Lipinski definition) is 3. The second kappa shape index (κ2) is 18.1. The van der Waals surface area contributed by atoms with Crippen molar-refractivity contribution in [2.45, 2.75) is 97.5 Å². The number of carbonyl (C=O) groups is 1. The molecule has 0 aliphatic heterocycles. The molecule has 0 saturated heterocycles. The van der Waals surface area contributed by atoms with Crippen molar-refractivity contribution in [2.24, 2.45) is 0 Å². The van der Waals surface area contributed by atoms with E-state index in [1.807, 2.05) is 12.2 Å². The van der Waals surface area contributed by atoms with Crippen LogP contribution in [0, 0.1) is 0 Å². The van der Waals surface area contributed by atoms with Gasteiger partial charge in [-0.05, 0) is 38.7 Å². The number of allylic oxidation sites excluding steroid dienone is 2. The predicted molar refractivity (Wildman–Crippen MR) is 102 cm³/mol. The van der Waals surface area contributed by atoms with Crippen LogP contribution in [0.3, 0.4) is 0 Å². The normalized spacial score (nSPS) is 12.8. The third kappa shape index (κ3) is 15.6. The molecule has 0 heterocycles. The van der Waals surface area contributed by atoms with Gasteiger partial charge in [0.05, 0.1) is 12.9 Å². The molecule has 0 spiro atoms. The van der Waals surface area contributed by atoms with Crippen LogP contribution in [0.4, 0.5) is 0 Å². The van der Waals surface area contributed by atoms with Crippen LogP contribution in [0.15, 0.2) is 24.5 Å². The van der Waals surface area contributed by atoms with Crippen LogP contribution in [0.1, 0.15) is 91.4 Å². The number of hydrogen-bond donors (Lipinski definition) is 0. The summed E-state index contributed by atoms with van der Waals surface area (Å²) in [4.78, 5) is 11.7. The summed E-state index contributed by atoms with van der Waals surface area (Å²) in [5.41, 5.74) is 0. The molecular formula is C21H38O3. The van der Waals surface area contributed by atoms with E-state index in [2.05, 4.69) is 19.9 Å². The van der Waals surface area contributed by atoms with Crippen LogP contribution in [0.25, 0.3) is 0 Å². The zero-order valence-corrected chi connectivity index (χ0v) is 16.1. The Morgan fingerprint density at radius 2 is 1.54 bits per heavy atom. The van der Waals surface area contributed by atoms with Crippen LogP contribution in [-0.2, 0) is 14.3 Å². The highest BCUT2D eigenvalue weighted by molar-refractivity contribution is 5.74. The minimum atomic E-state index is -0.532. The summed E-state index contributed by atoms with van der Waals surface area (Å²) in [6.07, 6.45) is 20.6. The van der Waals surface area contributed by atoms with Crippen molar-refractivity contribution in [3.63, 3.8) is 0 Å². The number of carbonyl (C=O) groups excluding carboxylic acids is 1. The van der Waals surface area contributed by atoms with E-state index in [0.717, 1.165) is 19.3 Å². The Kier molecular flexibility index (Phi) is 17.2. The van der Waals surface area contributed by atoms with Crippen molar-refractivity contribution in [3.05, 3.63) is 24.5 Å². The average Bonchev–Trinajstić information content (AvgIpc) is 2.59. The standard InChI is InChI=1S/C21H38O3/c1-4-6-8-10-11-12-13-14-15-17-18-23-20(3)21(22)24-19-16-9-7-5-2/h7,9,17-18,20H,4-6,8,10-16,19H2,1-3H3/b9-7-,18-17?. The summed E-state index contributed by atoms with van der Waals surface area (Å²) in [5, 5.41) is 0. The zero-order valence-electron chi connectivity index (χ0n) is 16.1. The summed E-state index contributed by atoms with van der Waals surface area (Å²) < 4.78 is 10.5. The van der Waals surface area contributed by atoms with E-state index in [9.17, 15) is 4.79 Å². The van der Waals surface area contributed by atoms with Crippen LogP contribution in [0.5, 0.6) is 0 Å². The number of ether oxygens (including phenoxy) is 2. The molecule has 0 aliphatic carbocycles. The summed E-state index contributed by atoms with van der Waals surface area (Å²) >= 11 is 0. The largest absolute Gasteiger partial charge is 0.487 e. The summed E-state index contributed by atoms with van der Waals surface area (Å²) in [7, 11) is 0. The van der Waals surface area contributed by atoms with Gasteiger partial charge in [0.15, 0.2) is 6.10 Å². The van der Waals surface area contributed by atoms with E-state index in [1.165, 1.54) is 51.4 Å². The van der Waals surface area contributed by atoms with Crippen molar-refractivity contribution in [3.8, 4) is 0 Å². The maximum atomic E-state index is 11.7. The molecule has 0 bridgehead atoms. The van der Waals surface area contributed by atoms with Crippen molar-refractivity contribution in [1.29, 1.82) is 0 Å². The van der Waals surface area contributed by atoms with E-state index < -0.39 is 6.10 Å². The van der Waals surface area contributed by atoms with Gasteiger partial charge >= 0.3 is 5.97 Å². The lowest BCUT2D eigenvalue weighted by molar-refractivity contribution is -0.152. The molecule has 0 aliphatic rings. The van der Waals surface area contributed by atoms with Crippen LogP contribution >= 0.6 is 0 Å². The van der Waals surface area contributed by atoms with Crippen LogP contribution < -0.4 is 0 Å². The van der Waals surface area contributed by atoms with Crippen molar-refractivity contribution < 1.29 is 14.3 Å². The van der Waals surface area contributed by atoms with E-state index in [1.54, 1.807) is 13.2 Å². The van der Waals surface area contributed by atoms with Gasteiger partial charge in [0.1, 0.15) is 0 Å². The first-order valence-corrected chi connectivity index (χ1v) is 9.84. The molecule has 0 N–H and O–H groups in total. The maximum absolute atomic E-state index is 11.7. The second-order valence-electron chi connectivity index (χ2n) is 6.25. The number of rotatable bonds is 16. The molecule has 1 atom stereocenters. The molecule has 0 radical (unpaired) electrons. The van der Waals surface area contributed by atoms with E-state index in [4.69, 9.17) is 9.47 Å². The molecule has 140 valence electrons. The van der Waals surface area contributed by atoms with Gasteiger partial charge < -0.3 is 9.47 Å². The summed E-state index contributed by atoms with van der Waals surface area (Å²) in [6, 6.07) is 0. The quantitative estimate of drug-likeness (QED) is 0.143. The Hall–Kier alpha value is -1.25. The number of esters is 1. The first kappa shape index (κ1) is 22.8. The monoisotopic (exact) mass is 338 g/mol. The third-order valence-electron chi connectivity index (χ3n) is 3.87. The molecule has 3 heteroatoms. The minimum absolute atomic E-state index is 0.295. The molecule has 3 nitrogen and oxygen atoms in total. The molecule has 0 fully saturated rings. The Morgan fingerprint density at radius 1 is 0.875 bits per heavy atom. The van der Waals surface area contributed by atoms with Crippen LogP contribution in [0.2, 0.25) is 0 Å². The van der Waals surface area contributed by atoms with E-state index in [0.29, 0.717) is 6.61 Å². The molecule has 24 heavy (non-hydrogen) atoms. The Labute approximate surface area is 149 Å². The second-order valence-corrected chi connectivity index (χ2v) is 6.25. The minimum Gasteiger partial charge on any atom is -0.487 e. The number of unbranched alkanes of at least 4 members (excludes halogenated alkanes) is 8. The lowest BCUT2D eigenvalue weighted by Crippen LogP contribution is -2.21. The fraction of sp³-hybridized carbons (Fsp3) is 0.762. The highest BCUT2D eigenvalue weighted by atomic mass is 16.6. The van der Waals surface area contributed by atoms with E-state index in [-0.39, 0.29) is 5.97 Å². The highest BCUT2D eigenvalue weighted by Gasteiger charge is 2.13. The SMILES string of the molecule is CC/C=C\CCOC(=O)C(C)OC=CCCCCCCCCCC. The van der Waals surface area contributed by atoms with Gasteiger partial charge in [-0.1, -0.05) is 70.9 Å². The highest BCUT2D eigenvalue weighted by Crippen LogP contribution is 2.09. The van der Waals surface area contributed by atoms with Gasteiger partial charge in [0, 0.05) is 0 Å². The van der Waals surface area contributed by atoms with Gasteiger partial charge in [-0.3, -0.25) is 0 Å². The molecule has 0 amide bonds. The van der Waals surface area contributed by atoms with Gasteiger partial charge in [0.2, 0.25) is 0 Å². The van der Waals surface area contributed by atoms with Gasteiger partial charge in [-0.15, -0.1) is 0 Å². The summed E-state index contributed by atoms with van der Waals surface area (Å²) in [5.74, 6) is -0.295. The lowest BCUT2D eigenvalue weighted by atomic mass is 10.1. The zero-order chi connectivity index (χ0) is 17.9. The van der Waals surface area contributed by atoms with Crippen LogP contribution in [-0.4, -0.2) is 18.7 Å². The fourth-order valence-electron chi connectivity index (χ4n) is 2.32. The fourth-order valence-corrected chi connectivity index (χ4v) is 2.32. The summed E-state index contributed by atoms with van der Waals surface area (Å²) in [6.45, 7) is 6.48. The first-order chi connectivity index (χ1) is 11.7. The van der Waals surface area contributed by atoms with Gasteiger partial charge in [0.25, 0.3) is 0 Å². The average molecular weight is 339 g/mol. The topological polar surface area (TPSA) is 35.5 Å². The molecule has 1 unspecified atom stereocenters. The smallest absolute Gasteiger partial charge is 0.347 e. The first-order valence-electron chi connectivity index (χ1n) is 9.84. The van der Waals surface area contributed by atoms with Crippen molar-refractivity contribution >= 4 is 5.97 Å². The molecule has 0 saturated carbocycles. The Morgan fingerprint density at radius 3 is 2.21 bits per heavy atom. The Balaban J connectivity index is 3.47. The maximum Gasteiger partial charge on any atom is 0.347 e. The van der Waals surface area contributed by atoms with Crippen molar-refractivity contribution in [1.82, 2.24) is 0 Å². The molecule has 0 aromatic rings. The van der Waals surface area contributed by atoms with Gasteiger partial charge in [-0.25, -0.2) is 4.79 Å². The van der Waals surface area contributed by atoms with E-state index >= 15 is 0 Å².